The maximum atomic E-state index is 11.4. The predicted octanol–water partition coefficient (Wildman–Crippen LogP) is 0.994. The van der Waals surface area contributed by atoms with Crippen molar-refractivity contribution >= 4 is 11.0 Å². The molecule has 0 radical (unpaired) electrons. The summed E-state index contributed by atoms with van der Waals surface area (Å²) < 4.78 is 5.33. The number of hydrogen-bond donors (Lipinski definition) is 3. The molecule has 8 heteroatoms. The van der Waals surface area contributed by atoms with Crippen LogP contribution in [0.5, 0.6) is 0 Å². The van der Waals surface area contributed by atoms with Gasteiger partial charge in [0.1, 0.15) is 0 Å². The van der Waals surface area contributed by atoms with Crippen LogP contribution in [0.4, 0.5) is 0 Å². The van der Waals surface area contributed by atoms with Crippen molar-refractivity contribution < 1.29 is 4.52 Å². The summed E-state index contributed by atoms with van der Waals surface area (Å²) in [6.45, 7) is 0. The first-order chi connectivity index (χ1) is 11.0. The highest BCUT2D eigenvalue weighted by molar-refractivity contribution is 5.79. The van der Waals surface area contributed by atoms with Crippen LogP contribution < -0.4 is 16.9 Å². The van der Waals surface area contributed by atoms with Gasteiger partial charge in [-0.1, -0.05) is 18.0 Å². The molecule has 118 valence electrons. The number of H-pyrrole nitrogens is 2. The largest absolute Gasteiger partial charge is 0.334 e. The number of aromatic amines is 2. The van der Waals surface area contributed by atoms with Gasteiger partial charge >= 0.3 is 11.1 Å². The summed E-state index contributed by atoms with van der Waals surface area (Å²) in [4.78, 5) is 32.2. The standard InChI is InChI=1S/C15H15N5O3/c16-15(5-1-2-6-15)14-19-13(23-20-14)8-3-4-9-10(7-8)18-12(22)11(21)17-9/h3-4,7H,1-2,5-6,16H2,(H,17,21)(H,18,22). The van der Waals surface area contributed by atoms with Gasteiger partial charge in [0.05, 0.1) is 16.6 Å². The second kappa shape index (κ2) is 4.88. The summed E-state index contributed by atoms with van der Waals surface area (Å²) in [5.41, 5.74) is 6.11. The molecule has 2 heterocycles. The molecule has 1 fully saturated rings. The summed E-state index contributed by atoms with van der Waals surface area (Å²) in [5.74, 6) is 0.853. The monoisotopic (exact) mass is 313 g/mol. The molecule has 4 rings (SSSR count). The Hall–Kier alpha value is -2.74. The van der Waals surface area contributed by atoms with Gasteiger partial charge in [0, 0.05) is 5.56 Å². The minimum atomic E-state index is -0.701. The molecular weight excluding hydrogens is 298 g/mol. The van der Waals surface area contributed by atoms with Crippen LogP contribution in [0.3, 0.4) is 0 Å². The topological polar surface area (TPSA) is 131 Å². The highest BCUT2D eigenvalue weighted by Gasteiger charge is 2.36. The third kappa shape index (κ3) is 2.27. The molecule has 23 heavy (non-hydrogen) atoms. The number of aromatic nitrogens is 4. The van der Waals surface area contributed by atoms with Crippen LogP contribution >= 0.6 is 0 Å². The van der Waals surface area contributed by atoms with Gasteiger partial charge in [-0.15, -0.1) is 0 Å². The van der Waals surface area contributed by atoms with Gasteiger partial charge in [-0.25, -0.2) is 0 Å². The molecule has 1 aromatic carbocycles. The molecule has 0 bridgehead atoms. The number of hydrogen-bond acceptors (Lipinski definition) is 6. The molecule has 0 atom stereocenters. The van der Waals surface area contributed by atoms with Crippen LogP contribution in [0.25, 0.3) is 22.5 Å². The van der Waals surface area contributed by atoms with Gasteiger partial charge < -0.3 is 20.2 Å². The summed E-state index contributed by atoms with van der Waals surface area (Å²) in [5, 5.41) is 4.02. The van der Waals surface area contributed by atoms with Crippen LogP contribution in [-0.2, 0) is 5.54 Å². The second-order valence-electron chi connectivity index (χ2n) is 5.95. The highest BCUT2D eigenvalue weighted by atomic mass is 16.5. The van der Waals surface area contributed by atoms with E-state index in [-0.39, 0.29) is 0 Å². The van der Waals surface area contributed by atoms with Gasteiger partial charge in [-0.2, -0.15) is 4.98 Å². The van der Waals surface area contributed by atoms with Crippen molar-refractivity contribution in [1.82, 2.24) is 20.1 Å². The average Bonchev–Trinajstić information content (AvgIpc) is 3.18. The molecule has 0 amide bonds. The summed E-state index contributed by atoms with van der Waals surface area (Å²) in [7, 11) is 0. The van der Waals surface area contributed by atoms with E-state index in [1.54, 1.807) is 18.2 Å². The highest BCUT2D eigenvalue weighted by Crippen LogP contribution is 2.35. The van der Waals surface area contributed by atoms with E-state index in [0.29, 0.717) is 28.3 Å². The van der Waals surface area contributed by atoms with Crippen LogP contribution in [0, 0.1) is 0 Å². The van der Waals surface area contributed by atoms with E-state index in [0.717, 1.165) is 25.7 Å². The quantitative estimate of drug-likeness (QED) is 0.605. The zero-order valence-corrected chi connectivity index (χ0v) is 12.3. The molecular formula is C15H15N5O3. The molecule has 0 unspecified atom stereocenters. The second-order valence-corrected chi connectivity index (χ2v) is 5.95. The Bertz CT molecular complexity index is 994. The van der Waals surface area contributed by atoms with Gasteiger partial charge in [-0.05, 0) is 31.0 Å². The average molecular weight is 313 g/mol. The van der Waals surface area contributed by atoms with E-state index in [4.69, 9.17) is 10.3 Å². The minimum Gasteiger partial charge on any atom is -0.334 e. The van der Waals surface area contributed by atoms with E-state index in [1.165, 1.54) is 0 Å². The first kappa shape index (κ1) is 13.9. The number of fused-ring (bicyclic) bond motifs is 1. The van der Waals surface area contributed by atoms with E-state index in [2.05, 4.69) is 20.1 Å². The summed E-state index contributed by atoms with van der Waals surface area (Å²) in [6, 6.07) is 5.10. The lowest BCUT2D eigenvalue weighted by Crippen LogP contribution is -2.34. The number of nitrogens with one attached hydrogen (secondary N) is 2. The van der Waals surface area contributed by atoms with Crippen LogP contribution in [0.2, 0.25) is 0 Å². The Morgan fingerprint density at radius 3 is 2.52 bits per heavy atom. The fourth-order valence-electron chi connectivity index (χ4n) is 3.02. The molecule has 3 aromatic rings. The molecule has 4 N–H and O–H groups in total. The van der Waals surface area contributed by atoms with E-state index < -0.39 is 16.7 Å². The van der Waals surface area contributed by atoms with Gasteiger partial charge in [0.2, 0.25) is 0 Å². The Labute approximate surface area is 129 Å². The zero-order chi connectivity index (χ0) is 16.0. The van der Waals surface area contributed by atoms with Crippen molar-refractivity contribution in [1.29, 1.82) is 0 Å². The molecule has 2 aromatic heterocycles. The fraction of sp³-hybridized carbons (Fsp3) is 0.333. The molecule has 1 aliphatic carbocycles. The van der Waals surface area contributed by atoms with Crippen molar-refractivity contribution in [3.05, 3.63) is 44.7 Å². The molecule has 0 aliphatic heterocycles. The molecule has 0 saturated heterocycles. The maximum Gasteiger partial charge on any atom is 0.314 e. The maximum absolute atomic E-state index is 11.4. The number of benzene rings is 1. The van der Waals surface area contributed by atoms with E-state index >= 15 is 0 Å². The fourth-order valence-corrected chi connectivity index (χ4v) is 3.02. The van der Waals surface area contributed by atoms with Crippen molar-refractivity contribution in [2.24, 2.45) is 5.73 Å². The van der Waals surface area contributed by atoms with Crippen molar-refractivity contribution in [2.75, 3.05) is 0 Å². The van der Waals surface area contributed by atoms with E-state index in [9.17, 15) is 9.59 Å². The van der Waals surface area contributed by atoms with Gasteiger partial charge in [0.15, 0.2) is 5.82 Å². The molecule has 1 aliphatic rings. The predicted molar refractivity (Wildman–Crippen MR) is 82.8 cm³/mol. The normalized spacial score (nSPS) is 16.9. The molecule has 8 nitrogen and oxygen atoms in total. The van der Waals surface area contributed by atoms with Crippen molar-refractivity contribution in [3.8, 4) is 11.5 Å². The lowest BCUT2D eigenvalue weighted by Gasteiger charge is -2.17. The Balaban J connectivity index is 1.77. The van der Waals surface area contributed by atoms with Crippen LogP contribution in [-0.4, -0.2) is 20.1 Å². The summed E-state index contributed by atoms with van der Waals surface area (Å²) in [6.07, 6.45) is 3.81. The first-order valence-corrected chi connectivity index (χ1v) is 7.45. The van der Waals surface area contributed by atoms with Gasteiger partial charge in [0.25, 0.3) is 5.89 Å². The lowest BCUT2D eigenvalue weighted by atomic mass is 9.99. The Morgan fingerprint density at radius 1 is 1.09 bits per heavy atom. The van der Waals surface area contributed by atoms with E-state index in [1.807, 2.05) is 0 Å². The van der Waals surface area contributed by atoms with Crippen molar-refractivity contribution in [3.63, 3.8) is 0 Å². The lowest BCUT2D eigenvalue weighted by molar-refractivity contribution is 0.372. The SMILES string of the molecule is NC1(c2noc(-c3ccc4[nH]c(=O)c(=O)[nH]c4c3)n2)CCCC1. The molecule has 0 spiro atoms. The number of rotatable bonds is 2. The van der Waals surface area contributed by atoms with Crippen LogP contribution in [0.1, 0.15) is 31.5 Å². The third-order valence-corrected chi connectivity index (χ3v) is 4.34. The Kier molecular flexibility index (Phi) is 2.95. The number of nitrogens with zero attached hydrogens (tertiary/aromatic N) is 2. The smallest absolute Gasteiger partial charge is 0.314 e. The van der Waals surface area contributed by atoms with Gasteiger partial charge in [-0.3, -0.25) is 9.59 Å². The van der Waals surface area contributed by atoms with Crippen LogP contribution in [0.15, 0.2) is 32.3 Å². The first-order valence-electron chi connectivity index (χ1n) is 7.45. The number of nitrogens with two attached hydrogens (primary N) is 1. The summed E-state index contributed by atoms with van der Waals surface area (Å²) >= 11 is 0. The zero-order valence-electron chi connectivity index (χ0n) is 12.3. The van der Waals surface area contributed by atoms with Crippen molar-refractivity contribution in [2.45, 2.75) is 31.2 Å². The minimum absolute atomic E-state index is 0.339. The third-order valence-electron chi connectivity index (χ3n) is 4.34. The molecule has 1 saturated carbocycles. The Morgan fingerprint density at radius 2 is 1.78 bits per heavy atom.